The number of fused-ring (bicyclic) bond motifs is 7. The Balaban J connectivity index is 1.21. The van der Waals surface area contributed by atoms with Crippen molar-refractivity contribution < 1.29 is 4.42 Å². The third kappa shape index (κ3) is 5.19. The minimum atomic E-state index is 0.555. The van der Waals surface area contributed by atoms with Gasteiger partial charge in [-0.15, -0.1) is 0 Å². The molecule has 0 aliphatic rings. The molecule has 4 nitrogen and oxygen atoms in total. The quantitative estimate of drug-likeness (QED) is 0.168. The van der Waals surface area contributed by atoms with Crippen molar-refractivity contribution >= 4 is 54.3 Å². The SMILES string of the molecule is c1ccc(-c2ccc(-c3nc(-c4c(-c5cc6ccccc6c6ccccc56)ccc5ccccc45)nc(-c4cccc5c4oc4ccccc45)n3)cc2)cc1. The van der Waals surface area contributed by atoms with Gasteiger partial charge < -0.3 is 4.42 Å². The van der Waals surface area contributed by atoms with E-state index >= 15 is 0 Å². The molecule has 0 saturated heterocycles. The number of benzene rings is 9. The largest absolute Gasteiger partial charge is 0.455 e. The first-order valence-corrected chi connectivity index (χ1v) is 18.5. The van der Waals surface area contributed by atoms with Crippen LogP contribution in [0.15, 0.2) is 192 Å². The normalized spacial score (nSPS) is 11.6. The van der Waals surface area contributed by atoms with Crippen molar-refractivity contribution in [2.75, 3.05) is 0 Å². The molecule has 11 aromatic rings. The molecular formula is C51H31N3O. The Morgan fingerprint density at radius 3 is 1.75 bits per heavy atom. The molecule has 2 aromatic heterocycles. The summed E-state index contributed by atoms with van der Waals surface area (Å²) in [5.41, 5.74) is 8.74. The lowest BCUT2D eigenvalue weighted by Gasteiger charge is -2.17. The first-order valence-electron chi connectivity index (χ1n) is 18.5. The van der Waals surface area contributed by atoms with Gasteiger partial charge in [-0.3, -0.25) is 0 Å². The number of aromatic nitrogens is 3. The Morgan fingerprint density at radius 1 is 0.309 bits per heavy atom. The van der Waals surface area contributed by atoms with E-state index in [9.17, 15) is 0 Å². The van der Waals surface area contributed by atoms with Crippen LogP contribution < -0.4 is 0 Å². The van der Waals surface area contributed by atoms with Crippen molar-refractivity contribution in [2.45, 2.75) is 0 Å². The van der Waals surface area contributed by atoms with Crippen LogP contribution in [0.2, 0.25) is 0 Å². The molecule has 0 radical (unpaired) electrons. The maximum Gasteiger partial charge on any atom is 0.167 e. The van der Waals surface area contributed by atoms with Gasteiger partial charge in [-0.2, -0.15) is 0 Å². The first kappa shape index (κ1) is 31.1. The molecule has 0 spiro atoms. The standard InChI is InChI=1S/C51H31N3O/c1-2-13-32(14-3-1)33-25-27-35(28-26-33)49-52-50(44-23-12-22-43-41-21-10-11-24-46(41)55-48(43)44)54-51(53-49)47-38-18-7-4-15-34(38)29-30-42(47)45-31-36-16-5-6-17-37(36)39-19-8-9-20-40(39)45/h1-31H. The summed E-state index contributed by atoms with van der Waals surface area (Å²) in [7, 11) is 0. The molecule has 0 aliphatic heterocycles. The third-order valence-corrected chi connectivity index (χ3v) is 10.7. The summed E-state index contributed by atoms with van der Waals surface area (Å²) in [6, 6.07) is 65.8. The van der Waals surface area contributed by atoms with Crippen LogP contribution >= 0.6 is 0 Å². The smallest absolute Gasteiger partial charge is 0.167 e. The second-order valence-corrected chi connectivity index (χ2v) is 13.9. The van der Waals surface area contributed by atoms with E-state index in [1.54, 1.807) is 0 Å². The van der Waals surface area contributed by atoms with Gasteiger partial charge in [-0.1, -0.05) is 170 Å². The van der Waals surface area contributed by atoms with Crippen LogP contribution in [-0.4, -0.2) is 15.0 Å². The van der Waals surface area contributed by atoms with E-state index in [1.807, 2.05) is 30.3 Å². The summed E-state index contributed by atoms with van der Waals surface area (Å²) in [5, 5.41) is 9.07. The van der Waals surface area contributed by atoms with Crippen molar-refractivity contribution in [3.8, 4) is 56.4 Å². The topological polar surface area (TPSA) is 51.8 Å². The molecule has 4 heteroatoms. The van der Waals surface area contributed by atoms with Crippen molar-refractivity contribution in [1.29, 1.82) is 0 Å². The summed E-state index contributed by atoms with van der Waals surface area (Å²) >= 11 is 0. The fourth-order valence-electron chi connectivity index (χ4n) is 8.12. The second kappa shape index (κ2) is 12.6. The summed E-state index contributed by atoms with van der Waals surface area (Å²) in [6.07, 6.45) is 0. The number of rotatable bonds is 5. The Bertz CT molecular complexity index is 3260. The fraction of sp³-hybridized carbons (Fsp3) is 0. The number of hydrogen-bond donors (Lipinski definition) is 0. The fourth-order valence-corrected chi connectivity index (χ4v) is 8.12. The van der Waals surface area contributed by atoms with E-state index in [4.69, 9.17) is 19.4 Å². The molecule has 0 unspecified atom stereocenters. The highest BCUT2D eigenvalue weighted by Crippen LogP contribution is 2.43. The molecule has 2 heterocycles. The number of nitrogens with zero attached hydrogens (tertiary/aromatic N) is 3. The zero-order chi connectivity index (χ0) is 36.3. The molecule has 0 aliphatic carbocycles. The second-order valence-electron chi connectivity index (χ2n) is 13.9. The molecule has 256 valence electrons. The van der Waals surface area contributed by atoms with E-state index in [0.29, 0.717) is 17.5 Å². The van der Waals surface area contributed by atoms with E-state index in [-0.39, 0.29) is 0 Å². The lowest BCUT2D eigenvalue weighted by Crippen LogP contribution is -2.02. The number of para-hydroxylation sites is 2. The van der Waals surface area contributed by atoms with Crippen molar-refractivity contribution in [1.82, 2.24) is 15.0 Å². The maximum atomic E-state index is 6.55. The molecule has 0 N–H and O–H groups in total. The minimum absolute atomic E-state index is 0.555. The van der Waals surface area contributed by atoms with Gasteiger partial charge in [0.15, 0.2) is 17.5 Å². The zero-order valence-corrected chi connectivity index (χ0v) is 29.6. The third-order valence-electron chi connectivity index (χ3n) is 10.7. The summed E-state index contributed by atoms with van der Waals surface area (Å²) in [6.45, 7) is 0. The molecule has 9 aromatic carbocycles. The van der Waals surface area contributed by atoms with Gasteiger partial charge in [-0.25, -0.2) is 15.0 Å². The van der Waals surface area contributed by atoms with Crippen LogP contribution in [0.1, 0.15) is 0 Å². The summed E-state index contributed by atoms with van der Waals surface area (Å²) in [5.74, 6) is 1.75. The Hall–Kier alpha value is -7.43. The maximum absolute atomic E-state index is 6.55. The summed E-state index contributed by atoms with van der Waals surface area (Å²) in [4.78, 5) is 15.9. The van der Waals surface area contributed by atoms with Gasteiger partial charge in [-0.05, 0) is 72.8 Å². The Labute approximate surface area is 317 Å². The monoisotopic (exact) mass is 701 g/mol. The molecule has 0 fully saturated rings. The number of hydrogen-bond acceptors (Lipinski definition) is 4. The van der Waals surface area contributed by atoms with Crippen LogP contribution in [0.5, 0.6) is 0 Å². The Kier molecular flexibility index (Phi) is 7.14. The molecule has 0 atom stereocenters. The van der Waals surface area contributed by atoms with Crippen molar-refractivity contribution in [3.05, 3.63) is 188 Å². The zero-order valence-electron chi connectivity index (χ0n) is 29.6. The van der Waals surface area contributed by atoms with Gasteiger partial charge in [0.05, 0.1) is 5.56 Å². The van der Waals surface area contributed by atoms with Crippen molar-refractivity contribution in [3.63, 3.8) is 0 Å². The van der Waals surface area contributed by atoms with Crippen LogP contribution in [0.4, 0.5) is 0 Å². The highest BCUT2D eigenvalue weighted by atomic mass is 16.3. The van der Waals surface area contributed by atoms with Crippen LogP contribution in [-0.2, 0) is 0 Å². The molecule has 55 heavy (non-hydrogen) atoms. The van der Waals surface area contributed by atoms with Crippen LogP contribution in [0, 0.1) is 0 Å². The predicted molar refractivity (Wildman–Crippen MR) is 227 cm³/mol. The molecule has 0 saturated carbocycles. The van der Waals surface area contributed by atoms with E-state index in [1.165, 1.54) is 21.5 Å². The van der Waals surface area contributed by atoms with Gasteiger partial charge in [0.1, 0.15) is 11.2 Å². The van der Waals surface area contributed by atoms with Crippen LogP contribution in [0.3, 0.4) is 0 Å². The molecular weight excluding hydrogens is 671 g/mol. The average Bonchev–Trinajstić information content (AvgIpc) is 3.65. The molecule has 11 rings (SSSR count). The highest BCUT2D eigenvalue weighted by Gasteiger charge is 2.22. The number of furan rings is 1. The first-order chi connectivity index (χ1) is 27.3. The molecule has 0 bridgehead atoms. The minimum Gasteiger partial charge on any atom is -0.455 e. The van der Waals surface area contributed by atoms with Gasteiger partial charge >= 0.3 is 0 Å². The van der Waals surface area contributed by atoms with Gasteiger partial charge in [0.2, 0.25) is 0 Å². The molecule has 0 amide bonds. The van der Waals surface area contributed by atoms with E-state index < -0.39 is 0 Å². The van der Waals surface area contributed by atoms with Gasteiger partial charge in [0, 0.05) is 21.9 Å². The van der Waals surface area contributed by atoms with E-state index in [2.05, 4.69) is 158 Å². The van der Waals surface area contributed by atoms with Gasteiger partial charge in [0.25, 0.3) is 0 Å². The lowest BCUT2D eigenvalue weighted by atomic mass is 9.88. The van der Waals surface area contributed by atoms with Crippen molar-refractivity contribution in [2.24, 2.45) is 0 Å². The highest BCUT2D eigenvalue weighted by molar-refractivity contribution is 6.16. The van der Waals surface area contributed by atoms with Crippen LogP contribution in [0.25, 0.3) is 111 Å². The van der Waals surface area contributed by atoms with E-state index in [0.717, 1.165) is 71.7 Å². The average molecular weight is 702 g/mol. The summed E-state index contributed by atoms with van der Waals surface area (Å²) < 4.78 is 6.55. The predicted octanol–water partition coefficient (Wildman–Crippen LogP) is 13.6. The Morgan fingerprint density at radius 2 is 0.909 bits per heavy atom. The lowest BCUT2D eigenvalue weighted by molar-refractivity contribution is 0.669.